The van der Waals surface area contributed by atoms with Gasteiger partial charge in [0, 0.05) is 50.2 Å². The van der Waals surface area contributed by atoms with Crippen molar-refractivity contribution >= 4 is 16.9 Å². The molecule has 1 aliphatic rings. The highest BCUT2D eigenvalue weighted by atomic mass is 16.5. The van der Waals surface area contributed by atoms with E-state index in [2.05, 4.69) is 9.80 Å². The SMILES string of the molecule is CCOC(=O)c1c(CN2CCN(CCO)CC2)nc2ccccc2c1-c1ccccc1. The summed E-state index contributed by atoms with van der Waals surface area (Å²) in [6, 6.07) is 18.0. The van der Waals surface area contributed by atoms with Gasteiger partial charge in [-0.2, -0.15) is 0 Å². The highest BCUT2D eigenvalue weighted by Gasteiger charge is 2.25. The number of hydrogen-bond donors (Lipinski definition) is 1. The van der Waals surface area contributed by atoms with Crippen LogP contribution < -0.4 is 0 Å². The molecule has 1 aliphatic heterocycles. The topological polar surface area (TPSA) is 65.9 Å². The number of pyridine rings is 1. The second-order valence-electron chi connectivity index (χ2n) is 7.75. The lowest BCUT2D eigenvalue weighted by Crippen LogP contribution is -2.46. The molecule has 0 amide bonds. The Hall–Kier alpha value is -2.80. The number of para-hydroxylation sites is 1. The lowest BCUT2D eigenvalue weighted by molar-refractivity contribution is 0.0522. The molecule has 31 heavy (non-hydrogen) atoms. The second-order valence-corrected chi connectivity index (χ2v) is 7.75. The molecule has 0 radical (unpaired) electrons. The maximum absolute atomic E-state index is 13.2. The molecule has 6 nitrogen and oxygen atoms in total. The molecule has 162 valence electrons. The molecule has 3 aromatic rings. The first-order chi connectivity index (χ1) is 15.2. The van der Waals surface area contributed by atoms with Crippen molar-refractivity contribution < 1.29 is 14.6 Å². The van der Waals surface area contributed by atoms with E-state index in [-0.39, 0.29) is 12.6 Å². The summed E-state index contributed by atoms with van der Waals surface area (Å²) in [4.78, 5) is 22.7. The summed E-state index contributed by atoms with van der Waals surface area (Å²) in [5, 5.41) is 10.1. The van der Waals surface area contributed by atoms with E-state index in [0.29, 0.717) is 25.3 Å². The number of nitrogens with zero attached hydrogens (tertiary/aromatic N) is 3. The standard InChI is InChI=1S/C25H29N3O3/c1-2-31-25(30)24-22(18-28-14-12-27(13-15-28)16-17-29)26-21-11-7-6-10-20(21)23(24)19-8-4-3-5-9-19/h3-11,29H,2,12-18H2,1H3. The van der Waals surface area contributed by atoms with Gasteiger partial charge in [0.05, 0.1) is 30.0 Å². The van der Waals surface area contributed by atoms with E-state index in [1.807, 2.05) is 61.5 Å². The number of carbonyl (C=O) groups excluding carboxylic acids is 1. The minimum absolute atomic E-state index is 0.180. The molecule has 0 atom stereocenters. The summed E-state index contributed by atoms with van der Waals surface area (Å²) in [5.41, 5.74) is 4.07. The maximum atomic E-state index is 13.2. The minimum atomic E-state index is -0.325. The normalized spacial score (nSPS) is 15.3. The van der Waals surface area contributed by atoms with Crippen LogP contribution in [0.5, 0.6) is 0 Å². The number of aliphatic hydroxyl groups is 1. The molecule has 6 heteroatoms. The Morgan fingerprint density at radius 1 is 1.00 bits per heavy atom. The Kier molecular flexibility index (Phi) is 6.92. The number of aliphatic hydroxyl groups excluding tert-OH is 1. The van der Waals surface area contributed by atoms with Gasteiger partial charge in [0.25, 0.3) is 0 Å². The average molecular weight is 420 g/mol. The average Bonchev–Trinajstić information content (AvgIpc) is 2.80. The first-order valence-corrected chi connectivity index (χ1v) is 10.9. The highest BCUT2D eigenvalue weighted by molar-refractivity contribution is 6.07. The van der Waals surface area contributed by atoms with E-state index in [4.69, 9.17) is 9.72 Å². The molecule has 0 unspecified atom stereocenters. The van der Waals surface area contributed by atoms with Crippen LogP contribution in [0.25, 0.3) is 22.0 Å². The number of benzene rings is 2. The number of hydrogen-bond acceptors (Lipinski definition) is 6. The van der Waals surface area contributed by atoms with Gasteiger partial charge in [0.2, 0.25) is 0 Å². The zero-order valence-electron chi connectivity index (χ0n) is 18.0. The third kappa shape index (κ3) is 4.77. The summed E-state index contributed by atoms with van der Waals surface area (Å²) >= 11 is 0. The summed E-state index contributed by atoms with van der Waals surface area (Å²) in [6.07, 6.45) is 0. The van der Waals surface area contributed by atoms with Crippen molar-refractivity contribution in [1.82, 2.24) is 14.8 Å². The molecule has 0 bridgehead atoms. The molecular formula is C25H29N3O3. The number of rotatable bonds is 7. The van der Waals surface area contributed by atoms with Crippen molar-refractivity contribution in [2.24, 2.45) is 0 Å². The van der Waals surface area contributed by atoms with Crippen LogP contribution in [-0.2, 0) is 11.3 Å². The van der Waals surface area contributed by atoms with Crippen LogP contribution in [-0.4, -0.2) is 71.8 Å². The number of aromatic nitrogens is 1. The molecule has 0 saturated carbocycles. The van der Waals surface area contributed by atoms with Crippen molar-refractivity contribution in [2.75, 3.05) is 45.9 Å². The van der Waals surface area contributed by atoms with E-state index < -0.39 is 0 Å². The second kappa shape index (κ2) is 10.0. The van der Waals surface area contributed by atoms with Crippen molar-refractivity contribution in [2.45, 2.75) is 13.5 Å². The van der Waals surface area contributed by atoms with E-state index in [1.54, 1.807) is 0 Å². The molecule has 1 aromatic heterocycles. The fraction of sp³-hybridized carbons (Fsp3) is 0.360. The molecule has 0 aliphatic carbocycles. The molecule has 1 fully saturated rings. The van der Waals surface area contributed by atoms with Crippen LogP contribution in [0, 0.1) is 0 Å². The number of fused-ring (bicyclic) bond motifs is 1. The molecular weight excluding hydrogens is 390 g/mol. The number of esters is 1. The maximum Gasteiger partial charge on any atom is 0.340 e. The van der Waals surface area contributed by atoms with E-state index in [1.165, 1.54) is 0 Å². The van der Waals surface area contributed by atoms with Crippen LogP contribution in [0.3, 0.4) is 0 Å². The zero-order valence-corrected chi connectivity index (χ0v) is 18.0. The first kappa shape index (κ1) is 21.4. The highest BCUT2D eigenvalue weighted by Crippen LogP contribution is 2.34. The van der Waals surface area contributed by atoms with Gasteiger partial charge in [-0.05, 0) is 18.6 Å². The molecule has 1 saturated heterocycles. The van der Waals surface area contributed by atoms with Gasteiger partial charge < -0.3 is 9.84 Å². The summed E-state index contributed by atoms with van der Waals surface area (Å²) in [5.74, 6) is -0.325. The van der Waals surface area contributed by atoms with E-state index in [9.17, 15) is 9.90 Å². The zero-order chi connectivity index (χ0) is 21.6. The molecule has 2 aromatic carbocycles. The van der Waals surface area contributed by atoms with Crippen molar-refractivity contribution in [1.29, 1.82) is 0 Å². The van der Waals surface area contributed by atoms with Gasteiger partial charge >= 0.3 is 5.97 Å². The van der Waals surface area contributed by atoms with Gasteiger partial charge in [0.1, 0.15) is 0 Å². The van der Waals surface area contributed by atoms with Gasteiger partial charge in [-0.1, -0.05) is 48.5 Å². The van der Waals surface area contributed by atoms with Crippen molar-refractivity contribution in [3.05, 3.63) is 65.9 Å². The van der Waals surface area contributed by atoms with Crippen molar-refractivity contribution in [3.8, 4) is 11.1 Å². The van der Waals surface area contributed by atoms with E-state index in [0.717, 1.165) is 53.9 Å². The Balaban J connectivity index is 1.79. The minimum Gasteiger partial charge on any atom is -0.462 e. The first-order valence-electron chi connectivity index (χ1n) is 10.9. The number of carbonyl (C=O) groups is 1. The predicted octanol–water partition coefficient (Wildman–Crippen LogP) is 3.19. The number of piperazine rings is 1. The van der Waals surface area contributed by atoms with Crippen LogP contribution in [0.15, 0.2) is 54.6 Å². The Morgan fingerprint density at radius 2 is 1.68 bits per heavy atom. The van der Waals surface area contributed by atoms with Gasteiger partial charge in [-0.15, -0.1) is 0 Å². The van der Waals surface area contributed by atoms with Gasteiger partial charge in [-0.3, -0.25) is 14.8 Å². The monoisotopic (exact) mass is 419 g/mol. The summed E-state index contributed by atoms with van der Waals surface area (Å²) < 4.78 is 5.48. The fourth-order valence-electron chi connectivity index (χ4n) is 4.23. The van der Waals surface area contributed by atoms with Gasteiger partial charge in [0.15, 0.2) is 0 Å². The smallest absolute Gasteiger partial charge is 0.340 e. The number of β-amino-alcohol motifs (C(OH)–C–C–N with tert-alkyl or cyclic N) is 1. The molecule has 4 rings (SSSR count). The Bertz CT molecular complexity index is 1030. The third-order valence-electron chi connectivity index (χ3n) is 5.76. The molecule has 1 N–H and O–H groups in total. The Morgan fingerprint density at radius 3 is 2.39 bits per heavy atom. The third-order valence-corrected chi connectivity index (χ3v) is 5.76. The lowest BCUT2D eigenvalue weighted by atomic mass is 9.93. The molecule has 2 heterocycles. The van der Waals surface area contributed by atoms with Crippen LogP contribution in [0.1, 0.15) is 23.0 Å². The largest absolute Gasteiger partial charge is 0.462 e. The van der Waals surface area contributed by atoms with Crippen LogP contribution >= 0.6 is 0 Å². The molecule has 0 spiro atoms. The van der Waals surface area contributed by atoms with Gasteiger partial charge in [-0.25, -0.2) is 4.79 Å². The number of ether oxygens (including phenoxy) is 1. The van der Waals surface area contributed by atoms with Crippen molar-refractivity contribution in [3.63, 3.8) is 0 Å². The Labute approximate surface area is 183 Å². The summed E-state index contributed by atoms with van der Waals surface area (Å²) in [7, 11) is 0. The fourth-order valence-corrected chi connectivity index (χ4v) is 4.23. The van der Waals surface area contributed by atoms with Crippen LogP contribution in [0.4, 0.5) is 0 Å². The quantitative estimate of drug-likeness (QED) is 0.594. The lowest BCUT2D eigenvalue weighted by Gasteiger charge is -2.34. The van der Waals surface area contributed by atoms with E-state index >= 15 is 0 Å². The van der Waals surface area contributed by atoms with Crippen LogP contribution in [0.2, 0.25) is 0 Å². The summed E-state index contributed by atoms with van der Waals surface area (Å²) in [6.45, 7) is 7.16. The predicted molar refractivity (Wildman–Crippen MR) is 122 cm³/mol.